The smallest absolute Gasteiger partial charge is 0.347 e. The van der Waals surface area contributed by atoms with Crippen molar-refractivity contribution < 1.29 is 19.4 Å². The second kappa shape index (κ2) is 12.1. The number of hydrogen-bond donors (Lipinski definition) is 2. The van der Waals surface area contributed by atoms with Gasteiger partial charge in [0.25, 0.3) is 0 Å². The molecule has 3 rings (SSSR count). The van der Waals surface area contributed by atoms with Gasteiger partial charge in [0.2, 0.25) is 5.91 Å². The first kappa shape index (κ1) is 27.3. The maximum atomic E-state index is 12.9. The molecule has 190 valence electrons. The predicted molar refractivity (Wildman–Crippen MR) is 140 cm³/mol. The standard InChI is InChI=1S/C27H34Cl2N2O4/c1-18-13-20(9-12-24(18)35-27(2,3)26(33)34)16-31(15-19-7-5-4-6-8-19)17-25(32)30-23-11-10-21(28)14-22(23)29/h9-14,19H,4-8,15-17H2,1-3H3,(H,30,32)(H,33,34). The molecule has 2 aromatic carbocycles. The normalized spacial score (nSPS) is 14.7. The first-order valence-electron chi connectivity index (χ1n) is 12.0. The Kier molecular flexibility index (Phi) is 9.45. The van der Waals surface area contributed by atoms with Gasteiger partial charge in [0.15, 0.2) is 5.60 Å². The van der Waals surface area contributed by atoms with Crippen LogP contribution in [0.1, 0.15) is 57.1 Å². The Bertz CT molecular complexity index is 1050. The van der Waals surface area contributed by atoms with E-state index in [0.717, 1.165) is 17.7 Å². The van der Waals surface area contributed by atoms with Crippen LogP contribution in [0.4, 0.5) is 5.69 Å². The fourth-order valence-electron chi connectivity index (χ4n) is 4.40. The number of carbonyl (C=O) groups is 2. The third-order valence-electron chi connectivity index (χ3n) is 6.34. The molecule has 0 aromatic heterocycles. The van der Waals surface area contributed by atoms with Gasteiger partial charge < -0.3 is 15.2 Å². The topological polar surface area (TPSA) is 78.9 Å². The molecule has 1 aliphatic rings. The highest BCUT2D eigenvalue weighted by Gasteiger charge is 2.30. The molecule has 1 amide bonds. The van der Waals surface area contributed by atoms with Gasteiger partial charge in [-0.1, -0.05) is 54.6 Å². The molecule has 0 radical (unpaired) electrons. The van der Waals surface area contributed by atoms with Crippen molar-refractivity contribution in [3.8, 4) is 5.75 Å². The molecule has 35 heavy (non-hydrogen) atoms. The number of anilines is 1. The van der Waals surface area contributed by atoms with Crippen molar-refractivity contribution in [2.24, 2.45) is 5.92 Å². The molecule has 0 bridgehead atoms. The molecule has 8 heteroatoms. The Morgan fingerprint density at radius 1 is 1.11 bits per heavy atom. The highest BCUT2D eigenvalue weighted by atomic mass is 35.5. The molecular weight excluding hydrogens is 487 g/mol. The van der Waals surface area contributed by atoms with Crippen molar-refractivity contribution >= 4 is 40.8 Å². The van der Waals surface area contributed by atoms with E-state index >= 15 is 0 Å². The number of hydrogen-bond acceptors (Lipinski definition) is 4. The lowest BCUT2D eigenvalue weighted by molar-refractivity contribution is -0.152. The molecule has 1 aliphatic carbocycles. The van der Waals surface area contributed by atoms with Crippen molar-refractivity contribution in [1.29, 1.82) is 0 Å². The summed E-state index contributed by atoms with van der Waals surface area (Å²) in [5.41, 5.74) is 1.11. The van der Waals surface area contributed by atoms with Crippen LogP contribution >= 0.6 is 23.2 Å². The summed E-state index contributed by atoms with van der Waals surface area (Å²) in [6.07, 6.45) is 6.10. The summed E-state index contributed by atoms with van der Waals surface area (Å²) in [4.78, 5) is 26.5. The molecule has 0 aliphatic heterocycles. The highest BCUT2D eigenvalue weighted by molar-refractivity contribution is 6.36. The first-order valence-corrected chi connectivity index (χ1v) is 12.8. The fourth-order valence-corrected chi connectivity index (χ4v) is 4.86. The van der Waals surface area contributed by atoms with Gasteiger partial charge in [0, 0.05) is 18.1 Å². The van der Waals surface area contributed by atoms with Crippen LogP contribution < -0.4 is 10.1 Å². The minimum absolute atomic E-state index is 0.134. The number of benzene rings is 2. The highest BCUT2D eigenvalue weighted by Crippen LogP contribution is 2.28. The van der Waals surface area contributed by atoms with E-state index in [-0.39, 0.29) is 12.5 Å². The van der Waals surface area contributed by atoms with Crippen molar-refractivity contribution in [3.63, 3.8) is 0 Å². The Labute approximate surface area is 217 Å². The summed E-state index contributed by atoms with van der Waals surface area (Å²) in [6.45, 7) is 6.63. The number of aliphatic carboxylic acids is 1. The number of carboxylic acid groups (broad SMARTS) is 1. The molecule has 0 saturated heterocycles. The number of rotatable bonds is 10. The Balaban J connectivity index is 1.72. The Morgan fingerprint density at radius 3 is 2.46 bits per heavy atom. The summed E-state index contributed by atoms with van der Waals surface area (Å²) in [7, 11) is 0. The minimum Gasteiger partial charge on any atom is -0.478 e. The van der Waals surface area contributed by atoms with E-state index in [4.69, 9.17) is 27.9 Å². The molecule has 0 heterocycles. The monoisotopic (exact) mass is 520 g/mol. The van der Waals surface area contributed by atoms with Crippen LogP contribution in [-0.4, -0.2) is 40.6 Å². The number of amides is 1. The molecule has 1 fully saturated rings. The first-order chi connectivity index (χ1) is 16.5. The van der Waals surface area contributed by atoms with E-state index in [1.54, 1.807) is 18.2 Å². The van der Waals surface area contributed by atoms with E-state index in [9.17, 15) is 14.7 Å². The lowest BCUT2D eigenvalue weighted by atomic mass is 9.89. The number of nitrogens with one attached hydrogen (secondary N) is 1. The van der Waals surface area contributed by atoms with E-state index in [2.05, 4.69) is 10.2 Å². The lowest BCUT2D eigenvalue weighted by Gasteiger charge is -2.30. The molecule has 0 spiro atoms. The average Bonchev–Trinajstić information content (AvgIpc) is 2.78. The van der Waals surface area contributed by atoms with Gasteiger partial charge in [-0.15, -0.1) is 0 Å². The zero-order chi connectivity index (χ0) is 25.6. The van der Waals surface area contributed by atoms with Gasteiger partial charge >= 0.3 is 5.97 Å². The summed E-state index contributed by atoms with van der Waals surface area (Å²) < 4.78 is 5.73. The van der Waals surface area contributed by atoms with Crippen LogP contribution in [0.3, 0.4) is 0 Å². The maximum Gasteiger partial charge on any atom is 0.347 e. The summed E-state index contributed by atoms with van der Waals surface area (Å²) in [5, 5.41) is 13.2. The van der Waals surface area contributed by atoms with Crippen LogP contribution in [-0.2, 0) is 16.1 Å². The molecule has 2 aromatic rings. The van der Waals surface area contributed by atoms with Crippen LogP contribution in [0.25, 0.3) is 0 Å². The quantitative estimate of drug-likeness (QED) is 0.370. The number of nitrogens with zero attached hydrogens (tertiary/aromatic N) is 1. The van der Waals surface area contributed by atoms with Gasteiger partial charge in [-0.2, -0.15) is 0 Å². The number of carboxylic acids is 1. The van der Waals surface area contributed by atoms with E-state index in [1.165, 1.54) is 46.0 Å². The van der Waals surface area contributed by atoms with Crippen molar-refractivity contribution in [2.75, 3.05) is 18.4 Å². The van der Waals surface area contributed by atoms with E-state index in [0.29, 0.717) is 33.9 Å². The molecule has 0 unspecified atom stereocenters. The zero-order valence-electron chi connectivity index (χ0n) is 20.6. The average molecular weight is 521 g/mol. The van der Waals surface area contributed by atoms with Gasteiger partial charge in [-0.05, 0) is 74.9 Å². The third kappa shape index (κ3) is 8.13. The van der Waals surface area contributed by atoms with Crippen LogP contribution in [0, 0.1) is 12.8 Å². The number of aryl methyl sites for hydroxylation is 1. The minimum atomic E-state index is -1.32. The van der Waals surface area contributed by atoms with Crippen LogP contribution in [0.5, 0.6) is 5.75 Å². The van der Waals surface area contributed by atoms with Crippen molar-refractivity contribution in [1.82, 2.24) is 4.90 Å². The third-order valence-corrected chi connectivity index (χ3v) is 6.89. The largest absolute Gasteiger partial charge is 0.478 e. The zero-order valence-corrected chi connectivity index (χ0v) is 22.1. The molecular formula is C27H34Cl2N2O4. The van der Waals surface area contributed by atoms with Gasteiger partial charge in [0.05, 0.1) is 17.3 Å². The maximum absolute atomic E-state index is 12.9. The van der Waals surface area contributed by atoms with Crippen LogP contribution in [0.15, 0.2) is 36.4 Å². The lowest BCUT2D eigenvalue weighted by Crippen LogP contribution is -2.38. The summed E-state index contributed by atoms with van der Waals surface area (Å²) >= 11 is 12.2. The van der Waals surface area contributed by atoms with Gasteiger partial charge in [-0.25, -0.2) is 4.79 Å². The number of ether oxygens (including phenoxy) is 1. The van der Waals surface area contributed by atoms with Crippen molar-refractivity contribution in [2.45, 2.75) is 65.0 Å². The molecule has 1 saturated carbocycles. The summed E-state index contributed by atoms with van der Waals surface area (Å²) in [5.74, 6) is -0.0535. The molecule has 6 nitrogen and oxygen atoms in total. The predicted octanol–water partition coefficient (Wildman–Crippen LogP) is 6.56. The van der Waals surface area contributed by atoms with Crippen LogP contribution in [0.2, 0.25) is 10.0 Å². The SMILES string of the molecule is Cc1cc(CN(CC(=O)Nc2ccc(Cl)cc2Cl)CC2CCCCC2)ccc1OC(C)(C)C(=O)O. The fraction of sp³-hybridized carbons (Fsp3) is 0.481. The second-order valence-electron chi connectivity index (χ2n) is 9.86. The van der Waals surface area contributed by atoms with Gasteiger partial charge in [0.1, 0.15) is 5.75 Å². The van der Waals surface area contributed by atoms with E-state index in [1.807, 2.05) is 25.1 Å². The second-order valence-corrected chi connectivity index (χ2v) is 10.7. The Hall–Kier alpha value is -2.28. The van der Waals surface area contributed by atoms with Crippen molar-refractivity contribution in [3.05, 3.63) is 57.6 Å². The van der Waals surface area contributed by atoms with E-state index < -0.39 is 11.6 Å². The molecule has 2 N–H and O–H groups in total. The molecule has 0 atom stereocenters. The summed E-state index contributed by atoms with van der Waals surface area (Å²) in [6, 6.07) is 10.7. The number of halogens is 2. The number of carbonyl (C=O) groups excluding carboxylic acids is 1. The van der Waals surface area contributed by atoms with Gasteiger partial charge in [-0.3, -0.25) is 9.69 Å². The Morgan fingerprint density at radius 2 is 1.83 bits per heavy atom.